The third-order valence-electron chi connectivity index (χ3n) is 2.23. The molecule has 0 spiro atoms. The second-order valence-corrected chi connectivity index (χ2v) is 5.89. The summed E-state index contributed by atoms with van der Waals surface area (Å²) in [6.07, 6.45) is -1.44. The van der Waals surface area contributed by atoms with E-state index in [0.717, 1.165) is 7.11 Å². The Bertz CT molecular complexity index is 320. The van der Waals surface area contributed by atoms with Crippen molar-refractivity contribution in [2.75, 3.05) is 26.9 Å². The number of phosphoric acid groups is 1. The van der Waals surface area contributed by atoms with Gasteiger partial charge in [0.15, 0.2) is 0 Å². The lowest BCUT2D eigenvalue weighted by Gasteiger charge is -2.29. The van der Waals surface area contributed by atoms with Crippen molar-refractivity contribution in [1.29, 1.82) is 0 Å². The molecule has 0 aliphatic heterocycles. The van der Waals surface area contributed by atoms with Crippen LogP contribution in [0.4, 0.5) is 0 Å². The molecule has 1 amide bonds. The first kappa shape index (κ1) is 17.5. The van der Waals surface area contributed by atoms with E-state index < -0.39 is 25.2 Å². The Kier molecular flexibility index (Phi) is 6.98. The third kappa shape index (κ3) is 5.90. The Morgan fingerprint density at radius 1 is 1.50 bits per heavy atom. The number of phosphoric ester groups is 1. The smallest absolute Gasteiger partial charge is 0.395 e. The monoisotopic (exact) mass is 285 g/mol. The lowest BCUT2D eigenvalue weighted by Crippen LogP contribution is -2.46. The molecule has 108 valence electrons. The van der Waals surface area contributed by atoms with Crippen molar-refractivity contribution in [1.82, 2.24) is 5.32 Å². The summed E-state index contributed by atoms with van der Waals surface area (Å²) < 4.78 is 19.9. The fourth-order valence-electron chi connectivity index (χ4n) is 1.01. The maximum atomic E-state index is 11.5. The van der Waals surface area contributed by atoms with Gasteiger partial charge in [-0.05, 0) is 0 Å². The largest absolute Gasteiger partial charge is 0.471 e. The van der Waals surface area contributed by atoms with Gasteiger partial charge in [-0.25, -0.2) is 4.57 Å². The Morgan fingerprint density at radius 3 is 2.50 bits per heavy atom. The number of hydrogen-bond acceptors (Lipinski definition) is 6. The Hall–Kier alpha value is -0.500. The highest BCUT2D eigenvalue weighted by Crippen LogP contribution is 2.43. The standard InChI is InChI=1S/C9H20NO7P/c1-9(2,6-17-18(14,15)16-3)7(12)8(13)10-4-5-11/h7,11-12H,4-6H2,1-3H3,(H,10,13)(H,14,15). The molecule has 0 heterocycles. The van der Waals surface area contributed by atoms with Crippen LogP contribution in [0, 0.1) is 5.41 Å². The summed E-state index contributed by atoms with van der Waals surface area (Å²) in [6, 6.07) is 0. The molecule has 0 aliphatic carbocycles. The summed E-state index contributed by atoms with van der Waals surface area (Å²) in [7, 11) is -3.13. The summed E-state index contributed by atoms with van der Waals surface area (Å²) in [6.45, 7) is 2.41. The van der Waals surface area contributed by atoms with Gasteiger partial charge in [-0.1, -0.05) is 13.8 Å². The van der Waals surface area contributed by atoms with Crippen molar-refractivity contribution in [3.63, 3.8) is 0 Å². The molecule has 0 saturated heterocycles. The molecular weight excluding hydrogens is 265 g/mol. The van der Waals surface area contributed by atoms with E-state index in [1.54, 1.807) is 0 Å². The quantitative estimate of drug-likeness (QED) is 0.432. The number of carbonyl (C=O) groups is 1. The summed E-state index contributed by atoms with van der Waals surface area (Å²) in [5, 5.41) is 20.6. The van der Waals surface area contributed by atoms with E-state index in [1.165, 1.54) is 13.8 Å². The maximum Gasteiger partial charge on any atom is 0.471 e. The van der Waals surface area contributed by atoms with Gasteiger partial charge in [0.2, 0.25) is 5.91 Å². The summed E-state index contributed by atoms with van der Waals surface area (Å²) >= 11 is 0. The number of nitrogens with one attached hydrogen (secondary N) is 1. The predicted octanol–water partition coefficient (Wildman–Crippen LogP) is -0.755. The summed E-state index contributed by atoms with van der Waals surface area (Å²) in [5.41, 5.74) is -1.09. The number of aliphatic hydroxyl groups excluding tert-OH is 2. The normalized spacial score (nSPS) is 17.0. The first-order chi connectivity index (χ1) is 8.16. The Morgan fingerprint density at radius 2 is 2.06 bits per heavy atom. The summed E-state index contributed by atoms with van der Waals surface area (Å²) in [4.78, 5) is 20.5. The second kappa shape index (κ2) is 7.18. The van der Waals surface area contributed by atoms with Crippen LogP contribution in [0.2, 0.25) is 0 Å². The second-order valence-electron chi connectivity index (χ2n) is 4.33. The van der Waals surface area contributed by atoms with Crippen LogP contribution < -0.4 is 5.32 Å². The van der Waals surface area contributed by atoms with E-state index in [9.17, 15) is 14.5 Å². The lowest BCUT2D eigenvalue weighted by molar-refractivity contribution is -0.137. The SMILES string of the molecule is COP(=O)(O)OCC(C)(C)C(O)C(=O)NCCO. The molecule has 0 fully saturated rings. The molecule has 4 N–H and O–H groups in total. The molecule has 0 radical (unpaired) electrons. The zero-order chi connectivity index (χ0) is 14.4. The zero-order valence-electron chi connectivity index (χ0n) is 10.6. The van der Waals surface area contributed by atoms with Crippen molar-refractivity contribution in [3.8, 4) is 0 Å². The lowest BCUT2D eigenvalue weighted by atomic mass is 9.87. The van der Waals surface area contributed by atoms with Gasteiger partial charge in [0.05, 0.1) is 13.2 Å². The zero-order valence-corrected chi connectivity index (χ0v) is 11.5. The van der Waals surface area contributed by atoms with Gasteiger partial charge in [0.1, 0.15) is 6.10 Å². The maximum absolute atomic E-state index is 11.5. The Labute approximate surface area is 106 Å². The van der Waals surface area contributed by atoms with Crippen LogP contribution in [0.25, 0.3) is 0 Å². The van der Waals surface area contributed by atoms with Crippen LogP contribution in [0.3, 0.4) is 0 Å². The molecular formula is C9H20NO7P. The van der Waals surface area contributed by atoms with Crippen molar-refractivity contribution in [2.24, 2.45) is 5.41 Å². The minimum absolute atomic E-state index is 0.0173. The highest BCUT2D eigenvalue weighted by molar-refractivity contribution is 7.47. The average Bonchev–Trinajstić information content (AvgIpc) is 2.32. The van der Waals surface area contributed by atoms with Crippen LogP contribution in [0.5, 0.6) is 0 Å². The number of amides is 1. The fraction of sp³-hybridized carbons (Fsp3) is 0.889. The first-order valence-electron chi connectivity index (χ1n) is 5.26. The summed E-state index contributed by atoms with van der Waals surface area (Å²) in [5.74, 6) is -0.692. The topological polar surface area (TPSA) is 125 Å². The van der Waals surface area contributed by atoms with Crippen LogP contribution in [0.15, 0.2) is 0 Å². The number of aliphatic hydroxyl groups is 2. The average molecular weight is 285 g/mol. The van der Waals surface area contributed by atoms with Gasteiger partial charge in [-0.15, -0.1) is 0 Å². The highest BCUT2D eigenvalue weighted by atomic mass is 31.2. The van der Waals surface area contributed by atoms with Crippen LogP contribution >= 0.6 is 7.82 Å². The molecule has 8 nitrogen and oxygen atoms in total. The fourth-order valence-corrected chi connectivity index (χ4v) is 1.61. The highest BCUT2D eigenvalue weighted by Gasteiger charge is 2.36. The van der Waals surface area contributed by atoms with E-state index in [-0.39, 0.29) is 19.8 Å². The van der Waals surface area contributed by atoms with Crippen molar-refractivity contribution in [2.45, 2.75) is 20.0 Å². The van der Waals surface area contributed by atoms with Gasteiger partial charge in [0, 0.05) is 19.1 Å². The molecule has 0 aliphatic rings. The van der Waals surface area contributed by atoms with E-state index in [0.29, 0.717) is 0 Å². The van der Waals surface area contributed by atoms with E-state index >= 15 is 0 Å². The molecule has 0 aromatic carbocycles. The van der Waals surface area contributed by atoms with Crippen LogP contribution in [-0.2, 0) is 18.4 Å². The number of hydrogen-bond donors (Lipinski definition) is 4. The third-order valence-corrected chi connectivity index (χ3v) is 3.15. The molecule has 2 unspecified atom stereocenters. The van der Waals surface area contributed by atoms with Gasteiger partial charge >= 0.3 is 7.82 Å². The molecule has 9 heteroatoms. The number of carbonyl (C=O) groups excluding carboxylic acids is 1. The molecule has 18 heavy (non-hydrogen) atoms. The minimum atomic E-state index is -4.14. The molecule has 0 aromatic heterocycles. The van der Waals surface area contributed by atoms with Gasteiger partial charge in [0.25, 0.3) is 0 Å². The molecule has 2 atom stereocenters. The first-order valence-corrected chi connectivity index (χ1v) is 6.75. The Balaban J connectivity index is 4.43. The van der Waals surface area contributed by atoms with Gasteiger partial charge in [-0.2, -0.15) is 0 Å². The molecule has 0 rings (SSSR count). The van der Waals surface area contributed by atoms with Crippen LogP contribution in [-0.4, -0.2) is 54.0 Å². The van der Waals surface area contributed by atoms with E-state index in [4.69, 9.17) is 10.00 Å². The van der Waals surface area contributed by atoms with Crippen molar-refractivity contribution < 1.29 is 33.5 Å². The van der Waals surface area contributed by atoms with E-state index in [2.05, 4.69) is 14.4 Å². The van der Waals surface area contributed by atoms with Gasteiger partial charge < -0.3 is 20.4 Å². The van der Waals surface area contributed by atoms with Crippen molar-refractivity contribution >= 4 is 13.7 Å². The predicted molar refractivity (Wildman–Crippen MR) is 62.7 cm³/mol. The minimum Gasteiger partial charge on any atom is -0.395 e. The molecule has 0 saturated carbocycles. The van der Waals surface area contributed by atoms with Gasteiger partial charge in [-0.3, -0.25) is 13.8 Å². The molecule has 0 aromatic rings. The number of rotatable bonds is 8. The van der Waals surface area contributed by atoms with Crippen molar-refractivity contribution in [3.05, 3.63) is 0 Å². The molecule has 0 bridgehead atoms. The van der Waals surface area contributed by atoms with Crippen LogP contribution in [0.1, 0.15) is 13.8 Å². The van der Waals surface area contributed by atoms with E-state index in [1.807, 2.05) is 0 Å².